The molecule has 2 rings (SSSR count). The molecule has 1 aromatic heterocycles. The summed E-state index contributed by atoms with van der Waals surface area (Å²) >= 11 is 1.48. The molecule has 0 bridgehead atoms. The van der Waals surface area contributed by atoms with Crippen molar-refractivity contribution < 1.29 is 8.42 Å². The minimum absolute atomic E-state index is 0.208. The summed E-state index contributed by atoms with van der Waals surface area (Å²) in [4.78, 5) is 2.24. The molecule has 0 radical (unpaired) electrons. The molecule has 2 N–H and O–H groups in total. The van der Waals surface area contributed by atoms with E-state index in [-0.39, 0.29) is 6.04 Å². The van der Waals surface area contributed by atoms with Crippen LogP contribution < -0.4 is 5.73 Å². The number of sulfonamides is 1. The first-order valence-electron chi connectivity index (χ1n) is 7.17. The van der Waals surface area contributed by atoms with Gasteiger partial charge in [-0.15, -0.1) is 11.3 Å². The van der Waals surface area contributed by atoms with Gasteiger partial charge in [-0.25, -0.2) is 8.42 Å². The van der Waals surface area contributed by atoms with Crippen molar-refractivity contribution >= 4 is 21.4 Å². The zero-order chi connectivity index (χ0) is 14.9. The number of rotatable bonds is 7. The Morgan fingerprint density at radius 2 is 2.10 bits per heavy atom. The Balaban J connectivity index is 2.27. The fourth-order valence-electron chi connectivity index (χ4n) is 2.25. The predicted molar refractivity (Wildman–Crippen MR) is 83.3 cm³/mol. The number of aryl methyl sites for hydroxylation is 1. The van der Waals surface area contributed by atoms with Crippen molar-refractivity contribution in [1.29, 1.82) is 0 Å². The third-order valence-corrected chi connectivity index (χ3v) is 6.87. The van der Waals surface area contributed by atoms with Gasteiger partial charge in [-0.2, -0.15) is 4.31 Å². The first-order chi connectivity index (χ1) is 9.36. The molecule has 20 heavy (non-hydrogen) atoms. The van der Waals surface area contributed by atoms with E-state index in [4.69, 9.17) is 5.73 Å². The van der Waals surface area contributed by atoms with E-state index in [0.717, 1.165) is 29.0 Å². The van der Waals surface area contributed by atoms with E-state index >= 15 is 0 Å². The van der Waals surface area contributed by atoms with Crippen LogP contribution in [0, 0.1) is 12.8 Å². The van der Waals surface area contributed by atoms with Gasteiger partial charge >= 0.3 is 0 Å². The second-order valence-electron chi connectivity index (χ2n) is 5.87. The quantitative estimate of drug-likeness (QED) is 0.841. The van der Waals surface area contributed by atoms with Crippen LogP contribution in [0.1, 0.15) is 42.9 Å². The Kier molecular flexibility index (Phi) is 4.89. The molecule has 6 heteroatoms. The molecule has 114 valence electrons. The lowest BCUT2D eigenvalue weighted by molar-refractivity contribution is 0.373. The van der Waals surface area contributed by atoms with Crippen LogP contribution in [0.3, 0.4) is 0 Å². The van der Waals surface area contributed by atoms with Crippen molar-refractivity contribution in [2.75, 3.05) is 6.54 Å². The Morgan fingerprint density at radius 3 is 2.55 bits per heavy atom. The van der Waals surface area contributed by atoms with E-state index in [1.54, 1.807) is 10.4 Å². The average Bonchev–Trinajstić information content (AvgIpc) is 3.10. The molecular formula is C14H24N2O2S2. The Labute approximate surface area is 126 Å². The summed E-state index contributed by atoms with van der Waals surface area (Å²) in [6.07, 6.45) is 2.89. The van der Waals surface area contributed by atoms with Gasteiger partial charge in [0.05, 0.1) is 4.90 Å². The maximum atomic E-state index is 12.9. The minimum atomic E-state index is -3.37. The zero-order valence-electron chi connectivity index (χ0n) is 12.4. The average molecular weight is 316 g/mol. The molecular weight excluding hydrogens is 292 g/mol. The summed E-state index contributed by atoms with van der Waals surface area (Å²) < 4.78 is 27.4. The van der Waals surface area contributed by atoms with Gasteiger partial charge in [0.25, 0.3) is 0 Å². The second-order valence-corrected chi connectivity index (χ2v) is 9.07. The zero-order valence-corrected chi connectivity index (χ0v) is 14.1. The molecule has 4 nitrogen and oxygen atoms in total. The monoisotopic (exact) mass is 316 g/mol. The van der Waals surface area contributed by atoms with Crippen LogP contribution in [0.4, 0.5) is 0 Å². The molecule has 0 aromatic carbocycles. The fraction of sp³-hybridized carbons (Fsp3) is 0.714. The standard InChI is InChI=1S/C14H24N2O2S2/c1-10(2)6-7-16(12-4-5-12)20(17,18)14-8-13(9-15)19-11(14)3/h8,10,12H,4-7,9,15H2,1-3H3. The molecule has 1 fully saturated rings. The van der Waals surface area contributed by atoms with Gasteiger partial charge in [-0.3, -0.25) is 0 Å². The molecule has 1 aliphatic rings. The van der Waals surface area contributed by atoms with Crippen molar-refractivity contribution in [1.82, 2.24) is 4.31 Å². The van der Waals surface area contributed by atoms with E-state index in [0.29, 0.717) is 23.9 Å². The van der Waals surface area contributed by atoms with Crippen LogP contribution in [0.25, 0.3) is 0 Å². The molecule has 0 spiro atoms. The van der Waals surface area contributed by atoms with E-state index in [1.807, 2.05) is 6.92 Å². The van der Waals surface area contributed by atoms with Crippen molar-refractivity contribution in [2.45, 2.75) is 57.5 Å². The number of nitrogens with two attached hydrogens (primary N) is 1. The van der Waals surface area contributed by atoms with Gasteiger partial charge in [-0.1, -0.05) is 13.8 Å². The van der Waals surface area contributed by atoms with E-state index in [1.165, 1.54) is 11.3 Å². The molecule has 1 heterocycles. The van der Waals surface area contributed by atoms with Gasteiger partial charge in [0, 0.05) is 28.9 Å². The van der Waals surface area contributed by atoms with Crippen LogP contribution in [0.5, 0.6) is 0 Å². The first kappa shape index (κ1) is 15.9. The Hall–Kier alpha value is -0.430. The highest BCUT2D eigenvalue weighted by atomic mass is 32.2. The Bertz CT molecular complexity index is 560. The maximum absolute atomic E-state index is 12.9. The smallest absolute Gasteiger partial charge is 0.244 e. The lowest BCUT2D eigenvalue weighted by Gasteiger charge is -2.22. The van der Waals surface area contributed by atoms with Gasteiger partial charge in [0.15, 0.2) is 0 Å². The minimum Gasteiger partial charge on any atom is -0.326 e. The van der Waals surface area contributed by atoms with Gasteiger partial charge < -0.3 is 5.73 Å². The van der Waals surface area contributed by atoms with E-state index in [2.05, 4.69) is 13.8 Å². The molecule has 0 atom stereocenters. The number of thiophene rings is 1. The summed E-state index contributed by atoms with van der Waals surface area (Å²) in [5, 5.41) is 0. The second kappa shape index (κ2) is 6.13. The van der Waals surface area contributed by atoms with Crippen molar-refractivity contribution in [3.8, 4) is 0 Å². The van der Waals surface area contributed by atoms with Crippen molar-refractivity contribution in [3.05, 3.63) is 15.8 Å². The summed E-state index contributed by atoms with van der Waals surface area (Å²) in [7, 11) is -3.37. The van der Waals surface area contributed by atoms with E-state index < -0.39 is 10.0 Å². The van der Waals surface area contributed by atoms with Crippen molar-refractivity contribution in [3.63, 3.8) is 0 Å². The lowest BCUT2D eigenvalue weighted by Crippen LogP contribution is -2.34. The van der Waals surface area contributed by atoms with E-state index in [9.17, 15) is 8.42 Å². The van der Waals surface area contributed by atoms with Gasteiger partial charge in [0.1, 0.15) is 0 Å². The first-order valence-corrected chi connectivity index (χ1v) is 9.43. The van der Waals surface area contributed by atoms with Crippen molar-refractivity contribution in [2.24, 2.45) is 11.7 Å². The molecule has 1 saturated carbocycles. The highest BCUT2D eigenvalue weighted by Crippen LogP contribution is 2.35. The fourth-order valence-corrected chi connectivity index (χ4v) is 5.44. The highest BCUT2D eigenvalue weighted by Gasteiger charge is 2.38. The summed E-state index contributed by atoms with van der Waals surface area (Å²) in [5.74, 6) is 0.509. The third kappa shape index (κ3) is 3.42. The lowest BCUT2D eigenvalue weighted by atomic mass is 10.1. The SMILES string of the molecule is Cc1sc(CN)cc1S(=O)(=O)N(CCC(C)C)C1CC1. The molecule has 0 aliphatic heterocycles. The molecule has 1 aliphatic carbocycles. The summed E-state index contributed by atoms with van der Waals surface area (Å²) in [6.45, 7) is 7.14. The molecule has 1 aromatic rings. The molecule has 0 amide bonds. The van der Waals surface area contributed by atoms with Gasteiger partial charge in [0.2, 0.25) is 10.0 Å². The van der Waals surface area contributed by atoms with Crippen LogP contribution in [0.2, 0.25) is 0 Å². The highest BCUT2D eigenvalue weighted by molar-refractivity contribution is 7.89. The predicted octanol–water partition coefficient (Wildman–Crippen LogP) is 2.71. The normalized spacial score (nSPS) is 16.3. The largest absolute Gasteiger partial charge is 0.326 e. The summed E-state index contributed by atoms with van der Waals surface area (Å²) in [6, 6.07) is 1.96. The van der Waals surface area contributed by atoms with Gasteiger partial charge in [-0.05, 0) is 38.2 Å². The van der Waals surface area contributed by atoms with Crippen LogP contribution >= 0.6 is 11.3 Å². The number of nitrogens with zero attached hydrogens (tertiary/aromatic N) is 1. The van der Waals surface area contributed by atoms with Crippen LogP contribution in [0.15, 0.2) is 11.0 Å². The third-order valence-electron chi connectivity index (χ3n) is 3.59. The maximum Gasteiger partial charge on any atom is 0.244 e. The van der Waals surface area contributed by atoms with Crippen LogP contribution in [-0.2, 0) is 16.6 Å². The summed E-state index contributed by atoms with van der Waals surface area (Å²) in [5.41, 5.74) is 5.62. The molecule has 0 unspecified atom stereocenters. The number of hydrogen-bond acceptors (Lipinski definition) is 4. The Morgan fingerprint density at radius 1 is 1.45 bits per heavy atom. The molecule has 0 saturated heterocycles. The topological polar surface area (TPSA) is 63.4 Å². The van der Waals surface area contributed by atoms with Crippen LogP contribution in [-0.4, -0.2) is 25.3 Å². The number of hydrogen-bond donors (Lipinski definition) is 1.